The fourth-order valence-electron chi connectivity index (χ4n) is 5.72. The highest BCUT2D eigenvalue weighted by Gasteiger charge is 2.33. The van der Waals surface area contributed by atoms with Crippen molar-refractivity contribution in [3.8, 4) is 0 Å². The summed E-state index contributed by atoms with van der Waals surface area (Å²) in [6.07, 6.45) is 0.169. The summed E-state index contributed by atoms with van der Waals surface area (Å²) in [6.45, 7) is 26.4. The van der Waals surface area contributed by atoms with Gasteiger partial charge in [0.25, 0.3) is 5.69 Å². The zero-order valence-electron chi connectivity index (χ0n) is 37.8. The third kappa shape index (κ3) is 23.9. The topological polar surface area (TPSA) is 184 Å². The van der Waals surface area contributed by atoms with Gasteiger partial charge in [-0.05, 0) is 123 Å². The Balaban J connectivity index is 3.87. The van der Waals surface area contributed by atoms with Gasteiger partial charge in [0, 0.05) is 37.3 Å². The normalized spacial score (nSPS) is 13.8. The first kappa shape index (κ1) is 51.9. The van der Waals surface area contributed by atoms with E-state index in [0.717, 1.165) is 0 Å². The Morgan fingerprint density at radius 3 is 1.16 bits per heavy atom. The first-order valence-electron chi connectivity index (χ1n) is 19.6. The Bertz CT molecular complexity index is 1480. The van der Waals surface area contributed by atoms with Crippen molar-refractivity contribution in [3.63, 3.8) is 0 Å². The lowest BCUT2D eigenvalue weighted by molar-refractivity contribution is -0.384. The molecule has 0 radical (unpaired) electrons. The molecule has 1 rings (SSSR count). The highest BCUT2D eigenvalue weighted by Crippen LogP contribution is 2.20. The number of esters is 5. The molecule has 330 valence electrons. The molecule has 2 atom stereocenters. The van der Waals surface area contributed by atoms with Crippen LogP contribution in [0.2, 0.25) is 0 Å². The van der Waals surface area contributed by atoms with E-state index in [1.54, 1.807) is 138 Å². The number of nitrogens with zero attached hydrogens (tertiary/aromatic N) is 4. The van der Waals surface area contributed by atoms with Crippen LogP contribution >= 0.6 is 0 Å². The first-order valence-corrected chi connectivity index (χ1v) is 19.6. The lowest BCUT2D eigenvalue weighted by atomic mass is 10.0. The van der Waals surface area contributed by atoms with Gasteiger partial charge in [-0.1, -0.05) is 12.1 Å². The monoisotopic (exact) mass is 822 g/mol. The van der Waals surface area contributed by atoms with Crippen molar-refractivity contribution in [2.75, 3.05) is 45.8 Å². The molecule has 0 aromatic heterocycles. The summed E-state index contributed by atoms with van der Waals surface area (Å²) in [5, 5.41) is 11.5. The van der Waals surface area contributed by atoms with Crippen molar-refractivity contribution < 1.29 is 52.6 Å². The van der Waals surface area contributed by atoms with Gasteiger partial charge in [-0.2, -0.15) is 0 Å². The maximum atomic E-state index is 13.5. The zero-order chi connectivity index (χ0) is 45.0. The molecule has 0 spiro atoms. The molecule has 0 N–H and O–H groups in total. The molecular formula is C42H70N4O12. The predicted octanol–water partition coefficient (Wildman–Crippen LogP) is 5.51. The summed E-state index contributed by atoms with van der Waals surface area (Å²) in [6, 6.07) is 4.63. The largest absolute Gasteiger partial charge is 0.459 e. The summed E-state index contributed by atoms with van der Waals surface area (Å²) in [7, 11) is 0. The highest BCUT2D eigenvalue weighted by molar-refractivity contribution is 5.76. The number of hydrogen-bond donors (Lipinski definition) is 0. The summed E-state index contributed by atoms with van der Waals surface area (Å²) in [5.74, 6) is -2.93. The van der Waals surface area contributed by atoms with Crippen LogP contribution in [0.3, 0.4) is 0 Å². The summed E-state index contributed by atoms with van der Waals surface area (Å²) in [4.78, 5) is 82.6. The van der Waals surface area contributed by atoms with Crippen molar-refractivity contribution in [2.24, 2.45) is 0 Å². The average Bonchev–Trinajstić information content (AvgIpc) is 2.95. The molecule has 1 aromatic rings. The molecule has 0 aliphatic rings. The van der Waals surface area contributed by atoms with E-state index in [0.29, 0.717) is 5.56 Å². The molecule has 0 heterocycles. The van der Waals surface area contributed by atoms with Crippen LogP contribution in [-0.2, 0) is 54.1 Å². The SMILES string of the molecule is CC(CN(CC(=O)OC(C)(C)C)C[C@H](Cc1ccc([N+](=O)[O-])cc1)N(CC(=O)OC(C)(C)C)CC(=O)OC(C)(C)C)N(CC(=O)OC(C)(C)C)CC(=O)OC(C)(C)C. The molecule has 0 aliphatic carbocycles. The number of non-ortho nitro benzene ring substituents is 1. The molecule has 0 amide bonds. The molecule has 0 saturated carbocycles. The Labute approximate surface area is 345 Å². The third-order valence-corrected chi connectivity index (χ3v) is 7.53. The average molecular weight is 823 g/mol. The molecule has 1 unspecified atom stereocenters. The van der Waals surface area contributed by atoms with Gasteiger partial charge in [0.1, 0.15) is 28.0 Å². The Morgan fingerprint density at radius 1 is 0.534 bits per heavy atom. The van der Waals surface area contributed by atoms with Crippen LogP contribution < -0.4 is 0 Å². The molecule has 16 heteroatoms. The third-order valence-electron chi connectivity index (χ3n) is 7.53. The van der Waals surface area contributed by atoms with Gasteiger partial charge >= 0.3 is 29.8 Å². The number of nitro benzene ring substituents is 1. The number of nitro groups is 1. The van der Waals surface area contributed by atoms with Crippen molar-refractivity contribution in [1.82, 2.24) is 14.7 Å². The first-order chi connectivity index (χ1) is 26.1. The lowest BCUT2D eigenvalue weighted by Gasteiger charge is -2.38. The van der Waals surface area contributed by atoms with Crippen LogP contribution in [0.25, 0.3) is 0 Å². The quantitative estimate of drug-likeness (QED) is 0.0736. The van der Waals surface area contributed by atoms with E-state index >= 15 is 0 Å². The van der Waals surface area contributed by atoms with Crippen molar-refractivity contribution >= 4 is 35.5 Å². The fraction of sp³-hybridized carbons (Fsp3) is 0.738. The second-order valence-corrected chi connectivity index (χ2v) is 19.6. The number of carbonyl (C=O) groups is 5. The molecule has 58 heavy (non-hydrogen) atoms. The van der Waals surface area contributed by atoms with Gasteiger partial charge in [0.05, 0.1) is 37.6 Å². The molecule has 0 saturated heterocycles. The van der Waals surface area contributed by atoms with Gasteiger partial charge in [-0.15, -0.1) is 0 Å². The molecule has 16 nitrogen and oxygen atoms in total. The van der Waals surface area contributed by atoms with Crippen LogP contribution in [0.4, 0.5) is 5.69 Å². The van der Waals surface area contributed by atoms with Crippen molar-refractivity contribution in [3.05, 3.63) is 39.9 Å². The standard InChI is InChI=1S/C42H70N4O12/c1-29(44(25-34(48)55-39(5,6)7)26-35(49)56-40(8,9)10)22-43(24-33(47)54-38(2,3)4)23-32(21-30-17-19-31(20-18-30)46(52)53)45(27-36(50)57-41(11,12)13)28-37(51)58-42(14,15)16/h17-20,29,32H,21-28H2,1-16H3/t29?,32-/m0/s1. The second-order valence-electron chi connectivity index (χ2n) is 19.6. The Morgan fingerprint density at radius 2 is 0.845 bits per heavy atom. The van der Waals surface area contributed by atoms with E-state index < -0.39 is 74.9 Å². The highest BCUT2D eigenvalue weighted by atomic mass is 16.6. The van der Waals surface area contributed by atoms with Crippen LogP contribution in [-0.4, -0.2) is 135 Å². The molecule has 1 aromatic carbocycles. The van der Waals surface area contributed by atoms with Gasteiger partial charge in [-0.3, -0.25) is 48.8 Å². The maximum Gasteiger partial charge on any atom is 0.320 e. The minimum absolute atomic E-state index is 0.0406. The predicted molar refractivity (Wildman–Crippen MR) is 219 cm³/mol. The molecule has 0 aliphatic heterocycles. The van der Waals surface area contributed by atoms with Gasteiger partial charge in [-0.25, -0.2) is 0 Å². The summed E-state index contributed by atoms with van der Waals surface area (Å²) >= 11 is 0. The van der Waals surface area contributed by atoms with Gasteiger partial charge in [0.2, 0.25) is 0 Å². The van der Waals surface area contributed by atoms with Gasteiger partial charge in [0.15, 0.2) is 0 Å². The van der Waals surface area contributed by atoms with Crippen LogP contribution in [0.1, 0.15) is 116 Å². The van der Waals surface area contributed by atoms with E-state index in [9.17, 15) is 34.1 Å². The molecule has 0 bridgehead atoms. The summed E-state index contributed by atoms with van der Waals surface area (Å²) < 4.78 is 28.2. The lowest BCUT2D eigenvalue weighted by Crippen LogP contribution is -2.54. The minimum Gasteiger partial charge on any atom is -0.459 e. The Hall–Kier alpha value is -4.15. The van der Waals surface area contributed by atoms with E-state index in [1.807, 2.05) is 0 Å². The number of hydrogen-bond acceptors (Lipinski definition) is 15. The maximum absolute atomic E-state index is 13.5. The van der Waals surface area contributed by atoms with E-state index in [1.165, 1.54) is 12.1 Å². The second kappa shape index (κ2) is 21.2. The number of rotatable bonds is 19. The number of carbonyl (C=O) groups excluding carboxylic acids is 5. The van der Waals surface area contributed by atoms with Gasteiger partial charge < -0.3 is 23.7 Å². The van der Waals surface area contributed by atoms with Crippen LogP contribution in [0, 0.1) is 10.1 Å². The minimum atomic E-state index is -0.841. The zero-order valence-corrected chi connectivity index (χ0v) is 37.8. The number of benzene rings is 1. The molecular weight excluding hydrogens is 752 g/mol. The Kier molecular flexibility index (Phi) is 19.0. The van der Waals surface area contributed by atoms with E-state index in [-0.39, 0.29) is 57.9 Å². The summed E-state index contributed by atoms with van der Waals surface area (Å²) in [5.41, 5.74) is -3.56. The van der Waals surface area contributed by atoms with Crippen LogP contribution in [0.15, 0.2) is 24.3 Å². The van der Waals surface area contributed by atoms with Crippen molar-refractivity contribution in [2.45, 2.75) is 157 Å². The van der Waals surface area contributed by atoms with E-state index in [4.69, 9.17) is 23.7 Å². The fourth-order valence-corrected chi connectivity index (χ4v) is 5.72. The number of ether oxygens (including phenoxy) is 5. The smallest absolute Gasteiger partial charge is 0.320 e. The molecule has 0 fully saturated rings. The van der Waals surface area contributed by atoms with Crippen molar-refractivity contribution in [1.29, 1.82) is 0 Å². The van der Waals surface area contributed by atoms with Crippen LogP contribution in [0.5, 0.6) is 0 Å². The van der Waals surface area contributed by atoms with E-state index in [2.05, 4.69) is 0 Å².